The average Bonchev–Trinajstić information content (AvgIpc) is 2.61. The first-order chi connectivity index (χ1) is 12.3. The molecule has 1 aromatic carbocycles. The van der Waals surface area contributed by atoms with Gasteiger partial charge in [-0.3, -0.25) is 4.79 Å². The molecule has 0 saturated carbocycles. The summed E-state index contributed by atoms with van der Waals surface area (Å²) in [6, 6.07) is 1.42. The Bertz CT molecular complexity index is 866. The molecule has 1 aliphatic heterocycles. The first-order valence-electron chi connectivity index (χ1n) is 7.80. The lowest BCUT2D eigenvalue weighted by molar-refractivity contribution is -0.119. The second-order valence-electron chi connectivity index (χ2n) is 5.83. The summed E-state index contributed by atoms with van der Waals surface area (Å²) in [6.07, 6.45) is 3.11. The monoisotopic (exact) mass is 361 g/mol. The Morgan fingerprint density at radius 3 is 2.65 bits per heavy atom. The largest absolute Gasteiger partial charge is 0.503 e. The van der Waals surface area contributed by atoms with E-state index in [4.69, 9.17) is 5.11 Å². The molecule has 0 fully saturated rings. The van der Waals surface area contributed by atoms with Crippen molar-refractivity contribution in [3.05, 3.63) is 42.6 Å². The Kier molecular flexibility index (Phi) is 4.45. The summed E-state index contributed by atoms with van der Waals surface area (Å²) in [5.74, 6) is -2.76. The zero-order valence-corrected chi connectivity index (χ0v) is 14.2. The number of aromatic hydroxyl groups is 1. The van der Waals surface area contributed by atoms with E-state index in [1.165, 1.54) is 11.1 Å². The number of likely N-dealkylation sites (N-methyl/N-ethyl adjacent to an activating group) is 1. The SMILES string of the molecule is C=CCN1c2nc(Nc3cc(F)c(O)c(F)c3)ncc2N(C)C(=O)[C@H]1C. The number of anilines is 4. The van der Waals surface area contributed by atoms with Crippen LogP contribution in [0, 0.1) is 11.6 Å². The molecule has 7 nitrogen and oxygen atoms in total. The molecule has 0 spiro atoms. The summed E-state index contributed by atoms with van der Waals surface area (Å²) in [7, 11) is 1.63. The summed E-state index contributed by atoms with van der Waals surface area (Å²) in [4.78, 5) is 24.0. The molecule has 0 bridgehead atoms. The highest BCUT2D eigenvalue weighted by Gasteiger charge is 2.34. The third kappa shape index (κ3) is 2.92. The van der Waals surface area contributed by atoms with Gasteiger partial charge in [0.15, 0.2) is 23.2 Å². The van der Waals surface area contributed by atoms with Crippen molar-refractivity contribution in [2.45, 2.75) is 13.0 Å². The van der Waals surface area contributed by atoms with Gasteiger partial charge in [0, 0.05) is 31.4 Å². The van der Waals surface area contributed by atoms with Crippen LogP contribution in [0.25, 0.3) is 0 Å². The summed E-state index contributed by atoms with van der Waals surface area (Å²) < 4.78 is 27.0. The average molecular weight is 361 g/mol. The normalized spacial score (nSPS) is 16.5. The number of nitrogens with one attached hydrogen (secondary N) is 1. The maximum Gasteiger partial charge on any atom is 0.249 e. The second-order valence-corrected chi connectivity index (χ2v) is 5.83. The van der Waals surface area contributed by atoms with Crippen LogP contribution in [-0.4, -0.2) is 40.6 Å². The predicted octanol–water partition coefficient (Wildman–Crippen LogP) is 2.56. The van der Waals surface area contributed by atoms with Crippen LogP contribution in [0.2, 0.25) is 0 Å². The molecule has 1 aromatic heterocycles. The van der Waals surface area contributed by atoms with Crippen LogP contribution < -0.4 is 15.1 Å². The number of benzene rings is 1. The van der Waals surface area contributed by atoms with Gasteiger partial charge in [-0.15, -0.1) is 6.58 Å². The first kappa shape index (κ1) is 17.6. The minimum Gasteiger partial charge on any atom is -0.503 e. The van der Waals surface area contributed by atoms with Crippen molar-refractivity contribution >= 4 is 29.0 Å². The molecule has 0 unspecified atom stereocenters. The van der Waals surface area contributed by atoms with Crippen molar-refractivity contribution in [2.24, 2.45) is 0 Å². The van der Waals surface area contributed by atoms with E-state index in [1.54, 1.807) is 24.9 Å². The molecule has 9 heteroatoms. The summed E-state index contributed by atoms with van der Waals surface area (Å²) in [5.41, 5.74) is 0.560. The second kappa shape index (κ2) is 6.58. The fraction of sp³-hybridized carbons (Fsp3) is 0.235. The lowest BCUT2D eigenvalue weighted by Gasteiger charge is -2.38. The lowest BCUT2D eigenvalue weighted by atomic mass is 10.1. The molecule has 1 amide bonds. The smallest absolute Gasteiger partial charge is 0.249 e. The molecule has 26 heavy (non-hydrogen) atoms. The van der Waals surface area contributed by atoms with E-state index in [9.17, 15) is 13.6 Å². The van der Waals surface area contributed by atoms with Crippen LogP contribution in [0.1, 0.15) is 6.92 Å². The van der Waals surface area contributed by atoms with Crippen molar-refractivity contribution in [1.29, 1.82) is 0 Å². The van der Waals surface area contributed by atoms with Crippen molar-refractivity contribution in [3.63, 3.8) is 0 Å². The van der Waals surface area contributed by atoms with Crippen LogP contribution in [0.5, 0.6) is 5.75 Å². The van der Waals surface area contributed by atoms with Gasteiger partial charge in [-0.25, -0.2) is 13.8 Å². The fourth-order valence-corrected chi connectivity index (χ4v) is 2.74. The molecular weight excluding hydrogens is 344 g/mol. The Morgan fingerprint density at radius 1 is 1.38 bits per heavy atom. The van der Waals surface area contributed by atoms with Gasteiger partial charge in [-0.05, 0) is 6.92 Å². The van der Waals surface area contributed by atoms with Crippen molar-refractivity contribution in [1.82, 2.24) is 9.97 Å². The summed E-state index contributed by atoms with van der Waals surface area (Å²) in [5, 5.41) is 11.9. The summed E-state index contributed by atoms with van der Waals surface area (Å²) in [6.45, 7) is 5.84. The van der Waals surface area contributed by atoms with E-state index in [1.807, 2.05) is 0 Å². The fourth-order valence-electron chi connectivity index (χ4n) is 2.74. The Hall–Kier alpha value is -3.23. The van der Waals surface area contributed by atoms with Gasteiger partial charge in [0.1, 0.15) is 11.7 Å². The molecule has 3 rings (SSSR count). The third-order valence-electron chi connectivity index (χ3n) is 4.14. The number of rotatable bonds is 4. The molecule has 2 heterocycles. The van der Waals surface area contributed by atoms with Crippen molar-refractivity contribution < 1.29 is 18.7 Å². The first-order valence-corrected chi connectivity index (χ1v) is 7.80. The standard InChI is InChI=1S/C17H17F2N5O2/c1-4-5-24-9(2)16(26)23(3)13-8-20-17(22-15(13)24)21-10-6-11(18)14(25)12(19)7-10/h4,6-9,25H,1,5H2,2-3H3,(H,20,21,22)/t9-/m1/s1. The van der Waals surface area contributed by atoms with Gasteiger partial charge in [0.25, 0.3) is 0 Å². The Balaban J connectivity index is 1.99. The van der Waals surface area contributed by atoms with Crippen LogP contribution >= 0.6 is 0 Å². The molecule has 1 aliphatic rings. The van der Waals surface area contributed by atoms with Gasteiger partial charge >= 0.3 is 0 Å². The van der Waals surface area contributed by atoms with E-state index in [0.717, 1.165) is 12.1 Å². The topological polar surface area (TPSA) is 81.6 Å². The van der Waals surface area contributed by atoms with E-state index in [0.29, 0.717) is 18.1 Å². The molecule has 136 valence electrons. The lowest BCUT2D eigenvalue weighted by Crippen LogP contribution is -2.51. The molecule has 1 atom stereocenters. The van der Waals surface area contributed by atoms with Crippen LogP contribution in [0.4, 0.5) is 31.9 Å². The highest BCUT2D eigenvalue weighted by Crippen LogP contribution is 2.34. The zero-order valence-electron chi connectivity index (χ0n) is 14.2. The molecule has 0 radical (unpaired) electrons. The highest BCUT2D eigenvalue weighted by molar-refractivity contribution is 6.04. The number of hydrogen-bond acceptors (Lipinski definition) is 6. The molecule has 0 aliphatic carbocycles. The molecular formula is C17H17F2N5O2. The molecule has 2 aromatic rings. The highest BCUT2D eigenvalue weighted by atomic mass is 19.1. The Morgan fingerprint density at radius 2 is 2.04 bits per heavy atom. The zero-order chi connectivity index (χ0) is 19.0. The predicted molar refractivity (Wildman–Crippen MR) is 93.8 cm³/mol. The van der Waals surface area contributed by atoms with Crippen LogP contribution in [0.15, 0.2) is 31.0 Å². The number of phenols is 1. The maximum atomic E-state index is 13.5. The van der Waals surface area contributed by atoms with E-state index in [-0.39, 0.29) is 17.5 Å². The van der Waals surface area contributed by atoms with Crippen molar-refractivity contribution in [3.8, 4) is 5.75 Å². The van der Waals surface area contributed by atoms with Crippen LogP contribution in [0.3, 0.4) is 0 Å². The van der Waals surface area contributed by atoms with Crippen LogP contribution in [-0.2, 0) is 4.79 Å². The van der Waals surface area contributed by atoms with Gasteiger partial charge in [0.05, 0.1) is 6.20 Å². The van der Waals surface area contributed by atoms with E-state index in [2.05, 4.69) is 21.9 Å². The Labute approximate surface area is 148 Å². The number of halogens is 2. The van der Waals surface area contributed by atoms with Gasteiger partial charge in [0.2, 0.25) is 11.9 Å². The summed E-state index contributed by atoms with van der Waals surface area (Å²) >= 11 is 0. The minimum absolute atomic E-state index is 0.0429. The third-order valence-corrected chi connectivity index (χ3v) is 4.14. The van der Waals surface area contributed by atoms with E-state index < -0.39 is 23.4 Å². The molecule has 0 saturated heterocycles. The number of carbonyl (C=O) groups is 1. The van der Waals surface area contributed by atoms with Gasteiger partial charge in [-0.1, -0.05) is 6.08 Å². The number of hydrogen-bond donors (Lipinski definition) is 2. The number of phenolic OH excluding ortho intramolecular Hbond substituents is 1. The van der Waals surface area contributed by atoms with Gasteiger partial charge in [-0.2, -0.15) is 4.98 Å². The number of fused-ring (bicyclic) bond motifs is 1. The molecule has 2 N–H and O–H groups in total. The van der Waals surface area contributed by atoms with E-state index >= 15 is 0 Å². The number of nitrogens with zero attached hydrogens (tertiary/aromatic N) is 4. The number of amides is 1. The quantitative estimate of drug-likeness (QED) is 0.643. The number of carbonyl (C=O) groups excluding carboxylic acids is 1. The minimum atomic E-state index is -1.10. The number of aromatic nitrogens is 2. The van der Waals surface area contributed by atoms with Gasteiger partial charge < -0.3 is 20.2 Å². The van der Waals surface area contributed by atoms with Crippen molar-refractivity contribution in [2.75, 3.05) is 28.7 Å². The maximum absolute atomic E-state index is 13.5.